The van der Waals surface area contributed by atoms with Gasteiger partial charge in [-0.3, -0.25) is 58.8 Å². The Bertz CT molecular complexity index is 3080. The summed E-state index contributed by atoms with van der Waals surface area (Å²) in [7, 11) is 18.7. The van der Waals surface area contributed by atoms with E-state index in [4.69, 9.17) is 17.6 Å². The molecular weight excluding hydrogens is 1190 g/mol. The molecule has 0 bridgehead atoms. The highest BCUT2D eigenvalue weighted by atomic mass is 16.6. The van der Waals surface area contributed by atoms with E-state index in [1.54, 1.807) is 17.9 Å². The number of nitrogens with one attached hydrogen (secondary N) is 6. The first-order chi connectivity index (χ1) is 43.5. The predicted octanol–water partition coefficient (Wildman–Crippen LogP) is -0.951. The van der Waals surface area contributed by atoms with Crippen molar-refractivity contribution in [3.05, 3.63) is 78.4 Å². The molecule has 6 amide bonds. The summed E-state index contributed by atoms with van der Waals surface area (Å²) in [5.41, 5.74) is 6.21. The van der Waals surface area contributed by atoms with Gasteiger partial charge in [-0.1, -0.05) is 92.3 Å². The zero-order valence-electron chi connectivity index (χ0n) is 55.0. The van der Waals surface area contributed by atoms with Gasteiger partial charge in [-0.05, 0) is 61.1 Å². The summed E-state index contributed by atoms with van der Waals surface area (Å²) in [6, 6.07) is 16.8. The first-order valence-electron chi connectivity index (χ1n) is 30.5. The third-order valence-electron chi connectivity index (χ3n) is 13.2. The van der Waals surface area contributed by atoms with E-state index in [-0.39, 0.29) is 80.3 Å². The highest BCUT2D eigenvalue weighted by Crippen LogP contribution is 2.15. The van der Waals surface area contributed by atoms with Crippen LogP contribution in [0.4, 0.5) is 0 Å². The van der Waals surface area contributed by atoms with Gasteiger partial charge in [0.1, 0.15) is 37.0 Å². The minimum absolute atomic E-state index is 0.00881. The topological polar surface area (TPSA) is 431 Å². The molecule has 3 aromatic heterocycles. The zero-order chi connectivity index (χ0) is 68.3. The van der Waals surface area contributed by atoms with Crippen molar-refractivity contribution in [3.63, 3.8) is 0 Å². The fraction of sp³-hybridized carbons (Fsp3) is 0.576. The van der Waals surface area contributed by atoms with Crippen LogP contribution in [0.25, 0.3) is 17.1 Å². The van der Waals surface area contributed by atoms with E-state index in [0.717, 1.165) is 30.5 Å². The second-order valence-electron chi connectivity index (χ2n) is 25.1. The molecule has 0 saturated heterocycles. The van der Waals surface area contributed by atoms with Crippen molar-refractivity contribution in [1.29, 1.82) is 0 Å². The Morgan fingerprint density at radius 3 is 1.46 bits per heavy atom. The highest BCUT2D eigenvalue weighted by molar-refractivity contribution is 5.94. The number of para-hydroxylation sites is 1. The molecule has 5 aromatic rings. The largest absolute Gasteiger partial charge is 0.347 e. The van der Waals surface area contributed by atoms with E-state index in [1.165, 1.54) is 9.59 Å². The number of ketones is 3. The van der Waals surface area contributed by atoms with Crippen LogP contribution in [0.1, 0.15) is 113 Å². The average Bonchev–Trinajstić information content (AvgIpc) is 2.01. The summed E-state index contributed by atoms with van der Waals surface area (Å²) < 4.78 is 2.94. The normalized spacial score (nSPS) is 12.3. The molecule has 5 rings (SSSR count). The first-order valence-corrected chi connectivity index (χ1v) is 30.5. The van der Waals surface area contributed by atoms with Crippen molar-refractivity contribution in [2.24, 2.45) is 24.6 Å². The van der Waals surface area contributed by atoms with E-state index in [0.29, 0.717) is 108 Å². The van der Waals surface area contributed by atoms with Crippen LogP contribution >= 0.6 is 0 Å². The predicted molar refractivity (Wildman–Crippen MR) is 338 cm³/mol. The second kappa shape index (κ2) is 40.2. The van der Waals surface area contributed by atoms with Gasteiger partial charge in [0.15, 0.2) is 42.8 Å². The lowest BCUT2D eigenvalue weighted by Gasteiger charge is -2.25. The Morgan fingerprint density at radius 2 is 1.00 bits per heavy atom. The average molecular weight is 1290 g/mol. The Kier molecular flexibility index (Phi) is 33.9. The minimum Gasteiger partial charge on any atom is -0.347 e. The molecule has 0 saturated carbocycles. The van der Waals surface area contributed by atoms with Crippen LogP contribution in [0.5, 0.6) is 0 Å². The van der Waals surface area contributed by atoms with Gasteiger partial charge in [-0.2, -0.15) is 9.59 Å². The molecule has 506 valence electrons. The number of quaternary nitrogens is 3. The van der Waals surface area contributed by atoms with E-state index in [2.05, 4.69) is 78.1 Å². The number of hydrogen-bond acceptors (Lipinski definition) is 21. The molecule has 0 radical (unpaired) electrons. The molecule has 0 aliphatic carbocycles. The standard InChI is InChI=1S/C21H32N8O3.C21H31N7O3.C17H32N8O4/c1-29(2,3)15-19(31)23-18(21(32)24-22)13-9-5-8-12-17(30)14-28-26-20(25-27-28)16-10-6-4-7-11-16;1-28(2,3)15-20(30)23-17(21(31)24-22)12-8-5-9-13-19(29)18-14-27(26-25-18)16-10-6-4-7-11-16;1-24-22-15(21-23-24)10-19-17(28)14(20-16(27)11-25(2,3)4)9-7-5-6-8-13(26)12-29-18/h4,6-7,10-11,18H,5,8-9,12-15H2,1-3H3,(H3-,22,23,24,25,26,27,31,32);4,6-7,10-11,14,17H,5,8-9,12-13,15H2,1-3H3,(H3-,22,23,24,25,26,30,31);14H,5-12,18H2,1-4H3,(H-,19,20,27,28)/p+3/t18-;17-;14-/m000/s1. The number of Topliss-reactive ketones (excluding diaryl/α,β-unsaturated/α-hetero) is 3. The molecule has 92 heavy (non-hydrogen) atoms. The minimum atomic E-state index is -0.689. The molecule has 3 heterocycles. The van der Waals surface area contributed by atoms with Crippen molar-refractivity contribution in [2.75, 3.05) is 89.7 Å². The van der Waals surface area contributed by atoms with Crippen molar-refractivity contribution in [1.82, 2.24) is 87.5 Å². The summed E-state index contributed by atoms with van der Waals surface area (Å²) in [6.07, 6.45) is 10.3. The lowest BCUT2D eigenvalue weighted by Crippen LogP contribution is -2.52. The van der Waals surface area contributed by atoms with Gasteiger partial charge in [-0.25, -0.2) is 22.3 Å². The summed E-state index contributed by atoms with van der Waals surface area (Å²) in [4.78, 5) is 116. The number of hydrogen-bond donors (Lipinski definition) is 9. The van der Waals surface area contributed by atoms with E-state index < -0.39 is 29.9 Å². The number of aromatic nitrogens is 11. The van der Waals surface area contributed by atoms with Crippen LogP contribution in [0.15, 0.2) is 66.9 Å². The molecule has 0 aliphatic heterocycles. The summed E-state index contributed by atoms with van der Waals surface area (Å²) in [6.45, 7) is 0.866. The molecule has 12 N–H and O–H groups in total. The number of unbranched alkanes of at least 4 members (excludes halogenated alkanes) is 6. The van der Waals surface area contributed by atoms with Gasteiger partial charge in [0.2, 0.25) is 11.7 Å². The van der Waals surface area contributed by atoms with Crippen LogP contribution in [0.3, 0.4) is 0 Å². The first kappa shape index (κ1) is 77.5. The van der Waals surface area contributed by atoms with Crippen molar-refractivity contribution >= 4 is 52.8 Å². The Hall–Kier alpha value is -8.73. The van der Waals surface area contributed by atoms with Gasteiger partial charge < -0.3 is 34.7 Å². The lowest BCUT2D eigenvalue weighted by molar-refractivity contribution is -0.862. The van der Waals surface area contributed by atoms with Gasteiger partial charge in [0.05, 0.1) is 88.9 Å². The molecule has 0 spiro atoms. The number of nitrogens with zero attached hydrogens (tertiary/aromatic N) is 14. The van der Waals surface area contributed by atoms with Gasteiger partial charge in [0.25, 0.3) is 29.5 Å². The van der Waals surface area contributed by atoms with Crippen molar-refractivity contribution in [3.8, 4) is 17.1 Å². The van der Waals surface area contributed by atoms with Gasteiger partial charge >= 0.3 is 0 Å². The molecule has 33 nitrogen and oxygen atoms in total. The number of nitrogens with two attached hydrogens (primary N) is 3. The Balaban J connectivity index is 0.000000361. The molecule has 0 unspecified atom stereocenters. The fourth-order valence-electron chi connectivity index (χ4n) is 8.85. The van der Waals surface area contributed by atoms with E-state index in [1.807, 2.05) is 124 Å². The Morgan fingerprint density at radius 1 is 0.533 bits per heavy atom. The number of aryl methyl sites for hydroxylation is 1. The lowest BCUT2D eigenvalue weighted by atomic mass is 10.0. The summed E-state index contributed by atoms with van der Waals surface area (Å²) >= 11 is 0. The quantitative estimate of drug-likeness (QED) is 0.00572. The van der Waals surface area contributed by atoms with Crippen LogP contribution in [0, 0.1) is 0 Å². The van der Waals surface area contributed by atoms with E-state index in [9.17, 15) is 43.2 Å². The molecule has 0 aliphatic rings. The SMILES string of the molecule is C[N+](C)(C)CC(=O)N[C@@H](CCCCCC(=O)Cn1nnc(-c2ccccc2)n1)C(=O)NN.C[N+](C)(C)CC(=O)N[C@@H](CCCCCC(=O)c1cn(-c2ccccc2)nn1)C(=O)NN.Cn1nnc(CNC(=O)[C@H](CCCCCC(=O)CON)NC(=O)C[N+](C)(C)C)n1. The molecular formula is C59H98N23O10+3. The van der Waals surface area contributed by atoms with Crippen molar-refractivity contribution < 1.29 is 61.4 Å². The number of tetrazole rings is 2. The maximum atomic E-state index is 12.6. The summed E-state index contributed by atoms with van der Waals surface area (Å²) in [5.74, 6) is 14.3. The van der Waals surface area contributed by atoms with Crippen LogP contribution < -0.4 is 49.7 Å². The maximum Gasteiger partial charge on any atom is 0.275 e. The monoisotopic (exact) mass is 1290 g/mol. The third kappa shape index (κ3) is 33.4. The number of carbonyl (C=O) groups excluding carboxylic acids is 9. The van der Waals surface area contributed by atoms with Gasteiger partial charge in [-0.15, -0.1) is 25.5 Å². The maximum absolute atomic E-state index is 12.6. The smallest absolute Gasteiger partial charge is 0.275 e. The van der Waals surface area contributed by atoms with Crippen LogP contribution in [0.2, 0.25) is 0 Å². The number of carbonyl (C=O) groups is 9. The Labute approximate surface area is 537 Å². The number of amides is 6. The number of benzene rings is 2. The van der Waals surface area contributed by atoms with Crippen LogP contribution in [-0.4, -0.2) is 229 Å². The molecule has 33 heteroatoms. The molecule has 2 aromatic carbocycles. The number of likely N-dealkylation sites (N-methyl/N-ethyl adjacent to an activating group) is 3. The highest BCUT2D eigenvalue weighted by Gasteiger charge is 2.27. The number of hydrazine groups is 2. The van der Waals surface area contributed by atoms with Crippen molar-refractivity contribution in [2.45, 2.75) is 128 Å². The van der Waals surface area contributed by atoms with Crippen LogP contribution in [-0.2, 0) is 63.3 Å². The molecule has 0 fully saturated rings. The molecule has 3 atom stereocenters. The second-order valence-corrected chi connectivity index (χ2v) is 25.1. The van der Waals surface area contributed by atoms with E-state index >= 15 is 0 Å². The number of rotatable bonds is 39. The zero-order valence-corrected chi connectivity index (χ0v) is 55.0. The third-order valence-corrected chi connectivity index (χ3v) is 13.2. The summed E-state index contributed by atoms with van der Waals surface area (Å²) in [5, 5.41) is 42.7. The fourth-order valence-corrected chi connectivity index (χ4v) is 8.85. The van der Waals surface area contributed by atoms with Gasteiger partial charge in [0, 0.05) is 24.8 Å².